The molecule has 4 aromatic rings. The molecule has 5 heterocycles. The Morgan fingerprint density at radius 3 is 2.78 bits per heavy atom. The third-order valence-electron chi connectivity index (χ3n) is 5.04. The number of alkyl halides is 3. The van der Waals surface area contributed by atoms with Crippen LogP contribution in [-0.4, -0.2) is 36.3 Å². The number of hydrogen-bond donors (Lipinski definition) is 0. The Hall–Kier alpha value is -3.28. The highest BCUT2D eigenvalue weighted by Gasteiger charge is 2.39. The second-order valence-electron chi connectivity index (χ2n) is 7.29. The summed E-state index contributed by atoms with van der Waals surface area (Å²) in [6, 6.07) is 7.45. The van der Waals surface area contributed by atoms with Crippen molar-refractivity contribution in [1.82, 2.24) is 29.7 Å². The number of hydrogen-bond acceptors (Lipinski definition) is 8. The zero-order chi connectivity index (χ0) is 22.3. The van der Waals surface area contributed by atoms with Crippen LogP contribution in [-0.2, 0) is 25.7 Å². The maximum atomic E-state index is 13.2. The molecule has 0 bridgehead atoms. The molecule has 0 aliphatic carbocycles. The highest BCUT2D eigenvalue weighted by Crippen LogP contribution is 2.36. The molecule has 0 unspecified atom stereocenters. The largest absolute Gasteiger partial charge is 0.451 e. The lowest BCUT2D eigenvalue weighted by Crippen LogP contribution is -2.36. The Bertz CT molecular complexity index is 1260. The fourth-order valence-corrected chi connectivity index (χ4v) is 4.76. The summed E-state index contributed by atoms with van der Waals surface area (Å²) < 4.78 is 46.5. The molecular formula is C20H18F3N7OS. The Kier molecular flexibility index (Phi) is 5.16. The summed E-state index contributed by atoms with van der Waals surface area (Å²) in [5.74, 6) is 0.227. The molecule has 0 saturated heterocycles. The van der Waals surface area contributed by atoms with E-state index in [-0.39, 0.29) is 24.9 Å². The molecule has 12 heteroatoms. The van der Waals surface area contributed by atoms with Crippen LogP contribution in [0.15, 0.2) is 30.5 Å². The zero-order valence-electron chi connectivity index (χ0n) is 17.0. The Labute approximate surface area is 184 Å². The molecule has 32 heavy (non-hydrogen) atoms. The van der Waals surface area contributed by atoms with Crippen LogP contribution in [0.5, 0.6) is 11.9 Å². The summed E-state index contributed by atoms with van der Waals surface area (Å²) in [5.41, 5.74) is 0. The molecule has 0 fully saturated rings. The molecule has 0 saturated carbocycles. The fraction of sp³-hybridized carbons (Fsp3) is 0.350. The normalized spacial score (nSPS) is 14.1. The molecule has 0 spiro atoms. The highest BCUT2D eigenvalue weighted by molar-refractivity contribution is 7.18. The van der Waals surface area contributed by atoms with Crippen LogP contribution in [0.4, 0.5) is 19.0 Å². The van der Waals surface area contributed by atoms with Crippen LogP contribution < -0.4 is 9.64 Å². The standard InChI is InChI=1S/C20H18F3N7OS/c1-2-5-12-10-13-16(25-19(26-17(13)32-12)31-15-6-3-4-7-24-15)29-8-9-30-14(11-29)27-28-18(30)20(21,22)23/h3-4,6-7,10H,2,5,8-9,11H2,1H3. The quantitative estimate of drug-likeness (QED) is 0.434. The van der Waals surface area contributed by atoms with Crippen molar-refractivity contribution in [1.29, 1.82) is 0 Å². The van der Waals surface area contributed by atoms with Gasteiger partial charge in [-0.15, -0.1) is 21.5 Å². The van der Waals surface area contributed by atoms with Gasteiger partial charge in [0.25, 0.3) is 0 Å². The summed E-state index contributed by atoms with van der Waals surface area (Å²) in [6.45, 7) is 2.67. The first-order valence-corrected chi connectivity index (χ1v) is 10.9. The van der Waals surface area contributed by atoms with Crippen molar-refractivity contribution in [3.05, 3.63) is 47.0 Å². The lowest BCUT2D eigenvalue weighted by molar-refractivity contribution is -0.147. The van der Waals surface area contributed by atoms with Crippen molar-refractivity contribution in [2.24, 2.45) is 0 Å². The number of aromatic nitrogens is 6. The van der Waals surface area contributed by atoms with Crippen molar-refractivity contribution in [3.63, 3.8) is 0 Å². The third kappa shape index (κ3) is 3.85. The molecule has 0 amide bonds. The first-order chi connectivity index (χ1) is 15.4. The summed E-state index contributed by atoms with van der Waals surface area (Å²) >= 11 is 1.56. The first-order valence-electron chi connectivity index (χ1n) is 10.1. The van der Waals surface area contributed by atoms with Crippen molar-refractivity contribution in [3.8, 4) is 11.9 Å². The topological polar surface area (TPSA) is 81.9 Å². The zero-order valence-corrected chi connectivity index (χ0v) is 17.8. The van der Waals surface area contributed by atoms with Gasteiger partial charge in [-0.05, 0) is 18.6 Å². The van der Waals surface area contributed by atoms with Gasteiger partial charge in [0.2, 0.25) is 11.7 Å². The van der Waals surface area contributed by atoms with Gasteiger partial charge >= 0.3 is 12.2 Å². The summed E-state index contributed by atoms with van der Waals surface area (Å²) in [7, 11) is 0. The smallest absolute Gasteiger partial charge is 0.405 e. The van der Waals surface area contributed by atoms with E-state index < -0.39 is 12.0 Å². The van der Waals surface area contributed by atoms with Gasteiger partial charge in [-0.3, -0.25) is 0 Å². The van der Waals surface area contributed by atoms with Gasteiger partial charge in [-0.2, -0.15) is 23.1 Å². The first kappa shape index (κ1) is 20.6. The van der Waals surface area contributed by atoms with Crippen LogP contribution in [0.25, 0.3) is 10.2 Å². The number of fused-ring (bicyclic) bond motifs is 2. The molecule has 1 aliphatic rings. The number of halogens is 3. The Morgan fingerprint density at radius 1 is 1.16 bits per heavy atom. The number of thiophene rings is 1. The van der Waals surface area contributed by atoms with E-state index in [0.29, 0.717) is 18.2 Å². The Balaban J connectivity index is 1.54. The number of ether oxygens (including phenoxy) is 1. The maximum absolute atomic E-state index is 13.2. The van der Waals surface area contributed by atoms with Gasteiger partial charge in [-0.1, -0.05) is 19.4 Å². The van der Waals surface area contributed by atoms with E-state index in [2.05, 4.69) is 32.1 Å². The number of nitrogens with zero attached hydrogens (tertiary/aromatic N) is 7. The average molecular weight is 461 g/mol. The lowest BCUT2D eigenvalue weighted by atomic mass is 10.2. The molecule has 0 radical (unpaired) electrons. The van der Waals surface area contributed by atoms with Gasteiger partial charge in [0.05, 0.1) is 11.9 Å². The predicted octanol–water partition coefficient (Wildman–Crippen LogP) is 4.46. The second kappa shape index (κ2) is 8.01. The summed E-state index contributed by atoms with van der Waals surface area (Å²) in [6.07, 6.45) is -1.04. The predicted molar refractivity (Wildman–Crippen MR) is 112 cm³/mol. The SMILES string of the molecule is CCCc1cc2c(N3CCn4c(nnc4C(F)(F)F)C3)nc(Oc3ccccn3)nc2s1. The monoisotopic (exact) mass is 461 g/mol. The second-order valence-corrected chi connectivity index (χ2v) is 8.41. The Morgan fingerprint density at radius 2 is 2.03 bits per heavy atom. The number of aryl methyl sites for hydroxylation is 1. The molecule has 4 aromatic heterocycles. The highest BCUT2D eigenvalue weighted by atomic mass is 32.1. The van der Waals surface area contributed by atoms with Gasteiger partial charge < -0.3 is 14.2 Å². The van der Waals surface area contributed by atoms with Crippen LogP contribution in [0.2, 0.25) is 0 Å². The van der Waals surface area contributed by atoms with E-state index in [1.807, 2.05) is 11.0 Å². The molecule has 5 rings (SSSR count). The van der Waals surface area contributed by atoms with E-state index >= 15 is 0 Å². The molecule has 8 nitrogen and oxygen atoms in total. The van der Waals surface area contributed by atoms with Crippen LogP contribution in [0.1, 0.15) is 29.9 Å². The number of pyridine rings is 1. The van der Waals surface area contributed by atoms with Crippen molar-refractivity contribution in [2.45, 2.75) is 39.0 Å². The number of anilines is 1. The van der Waals surface area contributed by atoms with Crippen LogP contribution in [0.3, 0.4) is 0 Å². The third-order valence-corrected chi connectivity index (χ3v) is 6.13. The van der Waals surface area contributed by atoms with E-state index in [9.17, 15) is 13.2 Å². The minimum Gasteiger partial charge on any atom is -0.405 e. The van der Waals surface area contributed by atoms with Gasteiger partial charge in [-0.25, -0.2) is 4.98 Å². The molecule has 0 atom stereocenters. The van der Waals surface area contributed by atoms with Gasteiger partial charge in [0, 0.05) is 30.2 Å². The minimum atomic E-state index is -4.54. The number of rotatable bonds is 5. The van der Waals surface area contributed by atoms with E-state index in [0.717, 1.165) is 32.5 Å². The average Bonchev–Trinajstić information content (AvgIpc) is 3.37. The van der Waals surface area contributed by atoms with E-state index in [1.54, 1.807) is 35.7 Å². The van der Waals surface area contributed by atoms with Crippen molar-refractivity contribution < 1.29 is 17.9 Å². The fourth-order valence-electron chi connectivity index (χ4n) is 3.64. The maximum Gasteiger partial charge on any atom is 0.451 e. The minimum absolute atomic E-state index is 0.102. The van der Waals surface area contributed by atoms with Gasteiger partial charge in [0.15, 0.2) is 5.82 Å². The summed E-state index contributed by atoms with van der Waals surface area (Å²) in [4.78, 5) is 17.1. The van der Waals surface area contributed by atoms with E-state index in [4.69, 9.17) is 4.74 Å². The van der Waals surface area contributed by atoms with Gasteiger partial charge in [0.1, 0.15) is 10.6 Å². The molecule has 0 aromatic carbocycles. The van der Waals surface area contributed by atoms with Crippen LogP contribution in [0, 0.1) is 0 Å². The van der Waals surface area contributed by atoms with Crippen molar-refractivity contribution >= 4 is 27.4 Å². The molecule has 1 aliphatic heterocycles. The molecule has 166 valence electrons. The summed E-state index contributed by atoms with van der Waals surface area (Å²) in [5, 5.41) is 7.98. The van der Waals surface area contributed by atoms with Crippen molar-refractivity contribution in [2.75, 3.05) is 11.4 Å². The molecular weight excluding hydrogens is 443 g/mol. The van der Waals surface area contributed by atoms with Crippen LogP contribution >= 0.6 is 11.3 Å². The van der Waals surface area contributed by atoms with E-state index in [1.165, 1.54) is 0 Å². The molecule has 0 N–H and O–H groups in total. The lowest BCUT2D eigenvalue weighted by Gasteiger charge is -2.29.